The Bertz CT molecular complexity index is 980. The monoisotopic (exact) mass is 394 g/mol. The van der Waals surface area contributed by atoms with Crippen LogP contribution in [0.1, 0.15) is 41.3 Å². The lowest BCUT2D eigenvalue weighted by atomic mass is 10.1. The molecular formula is C22H27FN6. The minimum Gasteiger partial charge on any atom is -0.350 e. The first-order valence-electron chi connectivity index (χ1n) is 9.63. The first kappa shape index (κ1) is 20.5. The van der Waals surface area contributed by atoms with Gasteiger partial charge in [0.05, 0.1) is 19.1 Å². The fraction of sp³-hybridized carbons (Fsp3) is 0.318. The van der Waals surface area contributed by atoms with E-state index in [1.807, 2.05) is 61.9 Å². The number of benzene rings is 2. The van der Waals surface area contributed by atoms with Crippen LogP contribution in [-0.4, -0.2) is 20.7 Å². The molecule has 0 saturated heterocycles. The number of guanidine groups is 1. The van der Waals surface area contributed by atoms with Crippen molar-refractivity contribution in [2.75, 3.05) is 0 Å². The van der Waals surface area contributed by atoms with E-state index in [0.29, 0.717) is 24.6 Å². The zero-order valence-electron chi connectivity index (χ0n) is 17.3. The molecule has 152 valence electrons. The maximum Gasteiger partial charge on any atom is 0.192 e. The van der Waals surface area contributed by atoms with Gasteiger partial charge in [-0.25, -0.2) is 9.38 Å². The van der Waals surface area contributed by atoms with Crippen molar-refractivity contribution >= 4 is 5.96 Å². The molecule has 7 heteroatoms. The molecule has 1 aromatic heterocycles. The first-order valence-corrected chi connectivity index (χ1v) is 9.63. The predicted octanol–water partition coefficient (Wildman–Crippen LogP) is 3.57. The molecule has 29 heavy (non-hydrogen) atoms. The highest BCUT2D eigenvalue weighted by Gasteiger charge is 2.12. The summed E-state index contributed by atoms with van der Waals surface area (Å²) in [6.45, 7) is 6.66. The summed E-state index contributed by atoms with van der Waals surface area (Å²) in [5.74, 6) is 2.08. The minimum atomic E-state index is -0.207. The normalized spacial score (nSPS) is 12.7. The Hall–Kier alpha value is -3.22. The van der Waals surface area contributed by atoms with Crippen LogP contribution in [0.25, 0.3) is 0 Å². The van der Waals surface area contributed by atoms with Crippen molar-refractivity contribution in [3.63, 3.8) is 0 Å². The summed E-state index contributed by atoms with van der Waals surface area (Å²) in [7, 11) is 1.93. The molecule has 0 aliphatic heterocycles. The van der Waals surface area contributed by atoms with E-state index < -0.39 is 0 Å². The SMILES string of the molecule is Cc1ccc(C(C)NC(=NCc2ccccc2)NCc2nnc(C)n2C)cc1F. The Morgan fingerprint density at radius 2 is 1.90 bits per heavy atom. The second kappa shape index (κ2) is 9.32. The van der Waals surface area contributed by atoms with Gasteiger partial charge in [0, 0.05) is 7.05 Å². The highest BCUT2D eigenvalue weighted by molar-refractivity contribution is 5.80. The number of aryl methyl sites for hydroxylation is 2. The molecule has 1 unspecified atom stereocenters. The lowest BCUT2D eigenvalue weighted by Gasteiger charge is -2.19. The number of halogens is 1. The zero-order chi connectivity index (χ0) is 20.8. The molecule has 0 radical (unpaired) electrons. The summed E-state index contributed by atoms with van der Waals surface area (Å²) in [5.41, 5.74) is 2.60. The van der Waals surface area contributed by atoms with Crippen molar-refractivity contribution < 1.29 is 4.39 Å². The molecule has 0 fully saturated rings. The summed E-state index contributed by atoms with van der Waals surface area (Å²) < 4.78 is 15.9. The smallest absolute Gasteiger partial charge is 0.192 e. The van der Waals surface area contributed by atoms with E-state index in [4.69, 9.17) is 4.99 Å². The van der Waals surface area contributed by atoms with Crippen LogP contribution in [0.4, 0.5) is 4.39 Å². The Morgan fingerprint density at radius 3 is 2.55 bits per heavy atom. The van der Waals surface area contributed by atoms with Crippen LogP contribution in [0, 0.1) is 19.7 Å². The van der Waals surface area contributed by atoms with Gasteiger partial charge in [0.1, 0.15) is 11.6 Å². The summed E-state index contributed by atoms with van der Waals surface area (Å²) in [4.78, 5) is 4.69. The quantitative estimate of drug-likeness (QED) is 0.495. The van der Waals surface area contributed by atoms with Gasteiger partial charge in [-0.15, -0.1) is 10.2 Å². The standard InChI is InChI=1S/C22H27FN6/c1-15-10-11-19(12-20(15)23)16(2)26-22(24-13-18-8-6-5-7-9-18)25-14-21-28-27-17(3)29(21)4/h5-12,16H,13-14H2,1-4H3,(H2,24,25,26). The van der Waals surface area contributed by atoms with Crippen LogP contribution in [-0.2, 0) is 20.1 Å². The van der Waals surface area contributed by atoms with Gasteiger partial charge in [-0.05, 0) is 43.5 Å². The molecule has 3 rings (SSSR count). The van der Waals surface area contributed by atoms with Gasteiger partial charge in [0.25, 0.3) is 0 Å². The molecule has 0 saturated carbocycles. The molecule has 0 aliphatic rings. The van der Waals surface area contributed by atoms with Crippen molar-refractivity contribution in [2.24, 2.45) is 12.0 Å². The summed E-state index contributed by atoms with van der Waals surface area (Å²) in [6.07, 6.45) is 0. The molecule has 2 aromatic carbocycles. The van der Waals surface area contributed by atoms with Gasteiger partial charge < -0.3 is 15.2 Å². The van der Waals surface area contributed by atoms with Crippen LogP contribution in [0.3, 0.4) is 0 Å². The third-order valence-electron chi connectivity index (χ3n) is 4.91. The van der Waals surface area contributed by atoms with Crippen molar-refractivity contribution in [3.8, 4) is 0 Å². The molecule has 6 nitrogen and oxygen atoms in total. The molecule has 0 bridgehead atoms. The van der Waals surface area contributed by atoms with Gasteiger partial charge in [-0.3, -0.25) is 0 Å². The summed E-state index contributed by atoms with van der Waals surface area (Å²) >= 11 is 0. The third-order valence-corrected chi connectivity index (χ3v) is 4.91. The summed E-state index contributed by atoms with van der Waals surface area (Å²) in [5, 5.41) is 14.9. The van der Waals surface area contributed by atoms with Gasteiger partial charge >= 0.3 is 0 Å². The van der Waals surface area contributed by atoms with Gasteiger partial charge in [0.2, 0.25) is 0 Å². The van der Waals surface area contributed by atoms with E-state index in [0.717, 1.165) is 22.8 Å². The Kier molecular flexibility index (Phi) is 6.59. The lowest BCUT2D eigenvalue weighted by molar-refractivity contribution is 0.606. The van der Waals surface area contributed by atoms with E-state index in [2.05, 4.69) is 20.8 Å². The van der Waals surface area contributed by atoms with Gasteiger partial charge in [-0.2, -0.15) is 0 Å². The predicted molar refractivity (Wildman–Crippen MR) is 113 cm³/mol. The number of hydrogen-bond acceptors (Lipinski definition) is 3. The molecule has 3 aromatic rings. The molecule has 0 aliphatic carbocycles. The fourth-order valence-electron chi connectivity index (χ4n) is 2.84. The maximum atomic E-state index is 14.0. The first-order chi connectivity index (χ1) is 13.9. The molecule has 0 amide bonds. The minimum absolute atomic E-state index is 0.117. The summed E-state index contributed by atoms with van der Waals surface area (Å²) in [6, 6.07) is 15.2. The van der Waals surface area contributed by atoms with E-state index in [1.165, 1.54) is 0 Å². The Labute approximate surface area is 170 Å². The Morgan fingerprint density at radius 1 is 1.14 bits per heavy atom. The second-order valence-electron chi connectivity index (χ2n) is 7.10. The maximum absolute atomic E-state index is 14.0. The molecule has 2 N–H and O–H groups in total. The second-order valence-corrected chi connectivity index (χ2v) is 7.10. The van der Waals surface area contributed by atoms with E-state index in [1.54, 1.807) is 19.1 Å². The molecule has 1 atom stereocenters. The fourth-order valence-corrected chi connectivity index (χ4v) is 2.84. The van der Waals surface area contributed by atoms with Gasteiger partial charge in [0.15, 0.2) is 11.8 Å². The number of nitrogens with one attached hydrogen (secondary N) is 2. The van der Waals surface area contributed by atoms with E-state index in [-0.39, 0.29) is 11.9 Å². The van der Waals surface area contributed by atoms with Crippen LogP contribution in [0.5, 0.6) is 0 Å². The number of nitrogens with zero attached hydrogens (tertiary/aromatic N) is 4. The van der Waals surface area contributed by atoms with E-state index in [9.17, 15) is 4.39 Å². The van der Waals surface area contributed by atoms with Crippen LogP contribution >= 0.6 is 0 Å². The lowest BCUT2D eigenvalue weighted by Crippen LogP contribution is -2.39. The van der Waals surface area contributed by atoms with Crippen LogP contribution in [0.15, 0.2) is 53.5 Å². The van der Waals surface area contributed by atoms with Crippen molar-refractivity contribution in [2.45, 2.75) is 39.9 Å². The average molecular weight is 394 g/mol. The number of aliphatic imine (C=N–C) groups is 1. The average Bonchev–Trinajstić information content (AvgIpc) is 3.04. The van der Waals surface area contributed by atoms with Crippen LogP contribution in [0.2, 0.25) is 0 Å². The Balaban J connectivity index is 1.75. The topological polar surface area (TPSA) is 67.1 Å². The molecule has 1 heterocycles. The van der Waals surface area contributed by atoms with Crippen molar-refractivity contribution in [3.05, 3.63) is 82.7 Å². The van der Waals surface area contributed by atoms with Gasteiger partial charge in [-0.1, -0.05) is 42.5 Å². The molecule has 0 spiro atoms. The molecular weight excluding hydrogens is 367 g/mol. The van der Waals surface area contributed by atoms with Crippen molar-refractivity contribution in [1.29, 1.82) is 0 Å². The zero-order valence-corrected chi connectivity index (χ0v) is 17.3. The van der Waals surface area contributed by atoms with E-state index >= 15 is 0 Å². The highest BCUT2D eigenvalue weighted by atomic mass is 19.1. The van der Waals surface area contributed by atoms with Crippen molar-refractivity contribution in [1.82, 2.24) is 25.4 Å². The third kappa shape index (κ3) is 5.40. The number of aromatic nitrogens is 3. The largest absolute Gasteiger partial charge is 0.350 e. The highest BCUT2D eigenvalue weighted by Crippen LogP contribution is 2.16. The van der Waals surface area contributed by atoms with Crippen LogP contribution < -0.4 is 10.6 Å². The number of hydrogen-bond donors (Lipinski definition) is 2. The number of rotatable bonds is 6.